The minimum absolute atomic E-state index is 0.397. The zero-order chi connectivity index (χ0) is 10.8. The van der Waals surface area contributed by atoms with Crippen LogP contribution in [0.2, 0.25) is 0 Å². The fraction of sp³-hybridized carbons (Fsp3) is 0.846. The molecule has 0 heterocycles. The molecule has 0 radical (unpaired) electrons. The van der Waals surface area contributed by atoms with Gasteiger partial charge in [0.15, 0.2) is 0 Å². The Morgan fingerprint density at radius 2 is 2.07 bits per heavy atom. The van der Waals surface area contributed by atoms with E-state index in [1.54, 1.807) is 0 Å². The van der Waals surface area contributed by atoms with Crippen molar-refractivity contribution in [2.45, 2.75) is 50.8 Å². The van der Waals surface area contributed by atoms with Crippen LogP contribution in [0.4, 0.5) is 0 Å². The molecule has 1 N–H and O–H groups in total. The Hall–Kier alpha value is -0.170. The average Bonchev–Trinajstić information content (AvgIpc) is 2.23. The van der Waals surface area contributed by atoms with Crippen LogP contribution in [0.1, 0.15) is 45.4 Å². The molecule has 1 saturated carbocycles. The highest BCUT2D eigenvalue weighted by molar-refractivity contribution is 6.20. The normalized spacial score (nSPS) is 42.4. The number of rotatable bonds is 1. The van der Waals surface area contributed by atoms with Crippen molar-refractivity contribution in [3.05, 3.63) is 11.8 Å². The smallest absolute Gasteiger partial charge is 0.0883 e. The van der Waals surface area contributed by atoms with Crippen LogP contribution in [-0.4, -0.2) is 10.5 Å². The molecular formula is C13H21ClO. The number of aliphatic hydroxyl groups excluding tert-OH is 1. The van der Waals surface area contributed by atoms with Gasteiger partial charge >= 0.3 is 0 Å². The van der Waals surface area contributed by atoms with E-state index in [0.29, 0.717) is 17.1 Å². The van der Waals surface area contributed by atoms with E-state index < -0.39 is 0 Å². The fourth-order valence-electron chi connectivity index (χ4n) is 3.10. The number of allylic oxidation sites excluding steroid dienone is 2. The van der Waals surface area contributed by atoms with Crippen LogP contribution in [0.25, 0.3) is 0 Å². The van der Waals surface area contributed by atoms with Gasteiger partial charge in [-0.3, -0.25) is 0 Å². The zero-order valence-corrected chi connectivity index (χ0v) is 10.2. The third kappa shape index (κ3) is 2.69. The van der Waals surface area contributed by atoms with Gasteiger partial charge in [-0.25, -0.2) is 0 Å². The second-order valence-corrected chi connectivity index (χ2v) is 5.86. The lowest BCUT2D eigenvalue weighted by atomic mass is 9.72. The first-order valence-electron chi connectivity index (χ1n) is 6.19. The maximum atomic E-state index is 9.36. The van der Waals surface area contributed by atoms with Crippen molar-refractivity contribution in [3.63, 3.8) is 0 Å². The molecule has 86 valence electrons. The summed E-state index contributed by atoms with van der Waals surface area (Å²) >= 11 is 6.24. The molecule has 2 aliphatic rings. The van der Waals surface area contributed by atoms with Gasteiger partial charge in [0.2, 0.25) is 0 Å². The van der Waals surface area contributed by atoms with E-state index in [1.807, 2.05) is 6.08 Å². The number of alkyl halides is 1. The van der Waals surface area contributed by atoms with E-state index in [-0.39, 0.29) is 0 Å². The molecule has 0 aromatic heterocycles. The monoisotopic (exact) mass is 228 g/mol. The lowest BCUT2D eigenvalue weighted by Crippen LogP contribution is -2.28. The fourth-order valence-corrected chi connectivity index (χ4v) is 3.33. The second-order valence-electron chi connectivity index (χ2n) is 5.30. The summed E-state index contributed by atoms with van der Waals surface area (Å²) in [5.41, 5.74) is 0. The number of halogens is 1. The Morgan fingerprint density at radius 1 is 1.27 bits per heavy atom. The van der Waals surface area contributed by atoms with Gasteiger partial charge in [-0.15, -0.1) is 11.6 Å². The molecule has 1 fully saturated rings. The minimum Gasteiger partial charge on any atom is -0.513 e. The first kappa shape index (κ1) is 11.3. The lowest BCUT2D eigenvalue weighted by molar-refractivity contribution is 0.185. The molecule has 2 rings (SSSR count). The molecule has 0 saturated heterocycles. The number of hydrogen-bond donors (Lipinski definition) is 1. The predicted molar refractivity (Wildman–Crippen MR) is 64.2 cm³/mol. The van der Waals surface area contributed by atoms with E-state index in [2.05, 4.69) is 6.92 Å². The first-order chi connectivity index (χ1) is 7.16. The molecular weight excluding hydrogens is 208 g/mol. The molecule has 0 amide bonds. The summed E-state index contributed by atoms with van der Waals surface area (Å²) in [6, 6.07) is 0. The van der Waals surface area contributed by atoms with Gasteiger partial charge in [-0.05, 0) is 55.9 Å². The summed E-state index contributed by atoms with van der Waals surface area (Å²) in [6.07, 6.45) is 8.92. The molecule has 0 bridgehead atoms. The highest BCUT2D eigenvalue weighted by Gasteiger charge is 2.31. The van der Waals surface area contributed by atoms with E-state index >= 15 is 0 Å². The van der Waals surface area contributed by atoms with Gasteiger partial charge in [-0.1, -0.05) is 6.92 Å². The Morgan fingerprint density at radius 3 is 2.67 bits per heavy atom. The van der Waals surface area contributed by atoms with Crippen LogP contribution in [0.5, 0.6) is 0 Å². The third-order valence-electron chi connectivity index (χ3n) is 4.20. The van der Waals surface area contributed by atoms with Crippen molar-refractivity contribution in [1.29, 1.82) is 0 Å². The molecule has 4 unspecified atom stereocenters. The van der Waals surface area contributed by atoms with Crippen molar-refractivity contribution in [2.75, 3.05) is 0 Å². The summed E-state index contributed by atoms with van der Waals surface area (Å²) in [4.78, 5) is 0. The van der Waals surface area contributed by atoms with Crippen molar-refractivity contribution >= 4 is 11.6 Å². The van der Waals surface area contributed by atoms with Crippen molar-refractivity contribution in [2.24, 2.45) is 17.8 Å². The van der Waals surface area contributed by atoms with Crippen LogP contribution in [0, 0.1) is 17.8 Å². The molecule has 0 aromatic carbocycles. The minimum atomic E-state index is 0.397. The summed E-state index contributed by atoms with van der Waals surface area (Å²) in [7, 11) is 0. The molecule has 15 heavy (non-hydrogen) atoms. The molecule has 0 aromatic rings. The van der Waals surface area contributed by atoms with Crippen LogP contribution < -0.4 is 0 Å². The Bertz CT molecular complexity index is 249. The second kappa shape index (κ2) is 4.78. The predicted octanol–water partition coefficient (Wildman–Crippen LogP) is 4.27. The summed E-state index contributed by atoms with van der Waals surface area (Å²) in [6.45, 7) is 2.28. The number of hydrogen-bond acceptors (Lipinski definition) is 1. The van der Waals surface area contributed by atoms with Crippen LogP contribution >= 0.6 is 11.6 Å². The highest BCUT2D eigenvalue weighted by atomic mass is 35.5. The lowest BCUT2D eigenvalue weighted by Gasteiger charge is -2.36. The van der Waals surface area contributed by atoms with E-state index in [0.717, 1.165) is 24.7 Å². The molecule has 4 atom stereocenters. The molecule has 0 spiro atoms. The topological polar surface area (TPSA) is 20.2 Å². The van der Waals surface area contributed by atoms with Gasteiger partial charge in [0, 0.05) is 11.8 Å². The maximum Gasteiger partial charge on any atom is 0.0883 e. The molecule has 0 aliphatic heterocycles. The summed E-state index contributed by atoms with van der Waals surface area (Å²) in [5.74, 6) is 2.92. The Kier molecular flexibility index (Phi) is 3.60. The zero-order valence-electron chi connectivity index (χ0n) is 9.45. The quantitative estimate of drug-likeness (QED) is 0.665. The van der Waals surface area contributed by atoms with Crippen molar-refractivity contribution < 1.29 is 5.11 Å². The van der Waals surface area contributed by atoms with Crippen LogP contribution in [0.15, 0.2) is 11.8 Å². The van der Waals surface area contributed by atoms with Gasteiger partial charge in [0.25, 0.3) is 0 Å². The Labute approximate surface area is 97.5 Å². The van der Waals surface area contributed by atoms with Gasteiger partial charge in [-0.2, -0.15) is 0 Å². The van der Waals surface area contributed by atoms with Crippen LogP contribution in [-0.2, 0) is 0 Å². The van der Waals surface area contributed by atoms with Gasteiger partial charge < -0.3 is 5.11 Å². The van der Waals surface area contributed by atoms with Gasteiger partial charge in [0.05, 0.1) is 5.76 Å². The largest absolute Gasteiger partial charge is 0.513 e. The van der Waals surface area contributed by atoms with E-state index in [9.17, 15) is 5.11 Å². The van der Waals surface area contributed by atoms with E-state index in [4.69, 9.17) is 11.6 Å². The molecule has 2 heteroatoms. The highest BCUT2D eigenvalue weighted by Crippen LogP contribution is 2.40. The average molecular weight is 229 g/mol. The third-order valence-corrected chi connectivity index (χ3v) is 4.85. The van der Waals surface area contributed by atoms with E-state index in [1.165, 1.54) is 25.7 Å². The standard InChI is InChI=1S/C13H21ClO/c1-9-8-11(4-7-13(9)14)10-2-5-12(15)6-3-10/h5,9-11,13,15H,2-4,6-8H2,1H3. The van der Waals surface area contributed by atoms with Crippen molar-refractivity contribution in [3.8, 4) is 0 Å². The van der Waals surface area contributed by atoms with Crippen molar-refractivity contribution in [1.82, 2.24) is 0 Å². The molecule has 2 aliphatic carbocycles. The maximum absolute atomic E-state index is 9.36. The molecule has 1 nitrogen and oxygen atoms in total. The summed E-state index contributed by atoms with van der Waals surface area (Å²) < 4.78 is 0. The number of aliphatic hydroxyl groups is 1. The summed E-state index contributed by atoms with van der Waals surface area (Å²) in [5, 5.41) is 9.76. The SMILES string of the molecule is CC1CC(C2CC=C(O)CC2)CCC1Cl. The first-order valence-corrected chi connectivity index (χ1v) is 6.62. The van der Waals surface area contributed by atoms with Gasteiger partial charge in [0.1, 0.15) is 0 Å². The van der Waals surface area contributed by atoms with Crippen LogP contribution in [0.3, 0.4) is 0 Å². The Balaban J connectivity index is 1.89.